The first-order valence-electron chi connectivity index (χ1n) is 10.8. The van der Waals surface area contributed by atoms with E-state index in [4.69, 9.17) is 9.72 Å². The van der Waals surface area contributed by atoms with Crippen LogP contribution in [-0.2, 0) is 6.18 Å². The number of fused-ring (bicyclic) bond motifs is 1. The molecule has 33 heavy (non-hydrogen) atoms. The Hall–Kier alpha value is -3.33. The number of benzene rings is 2. The second-order valence-electron chi connectivity index (χ2n) is 8.50. The Kier molecular flexibility index (Phi) is 5.36. The summed E-state index contributed by atoms with van der Waals surface area (Å²) in [5.41, 5.74) is 6.89. The van der Waals surface area contributed by atoms with Gasteiger partial charge in [0, 0.05) is 49.4 Å². The summed E-state index contributed by atoms with van der Waals surface area (Å²) in [4.78, 5) is 11.2. The quantitative estimate of drug-likeness (QED) is 0.565. The predicted octanol–water partition coefficient (Wildman–Crippen LogP) is 5.00. The lowest BCUT2D eigenvalue weighted by molar-refractivity contribution is -0.137. The maximum Gasteiger partial charge on any atom is 0.416 e. The first kappa shape index (κ1) is 21.5. The molecule has 5 rings (SSSR count). The van der Waals surface area contributed by atoms with Gasteiger partial charge in [0.1, 0.15) is 5.75 Å². The van der Waals surface area contributed by atoms with Crippen LogP contribution in [-0.4, -0.2) is 42.2 Å². The van der Waals surface area contributed by atoms with Crippen molar-refractivity contribution < 1.29 is 17.9 Å². The van der Waals surface area contributed by atoms with Gasteiger partial charge in [0.2, 0.25) is 0 Å². The molecule has 6 nitrogen and oxygen atoms in total. The molecule has 9 heteroatoms. The highest BCUT2D eigenvalue weighted by Crippen LogP contribution is 2.40. The van der Waals surface area contributed by atoms with Crippen LogP contribution in [0.1, 0.15) is 24.1 Å². The van der Waals surface area contributed by atoms with Crippen molar-refractivity contribution in [2.24, 2.45) is 5.92 Å². The van der Waals surface area contributed by atoms with Crippen LogP contribution in [0.15, 0.2) is 48.8 Å². The van der Waals surface area contributed by atoms with Crippen LogP contribution in [0.2, 0.25) is 0 Å². The van der Waals surface area contributed by atoms with E-state index in [9.17, 15) is 13.2 Å². The number of methoxy groups -OCH3 is 1. The molecule has 1 fully saturated rings. The van der Waals surface area contributed by atoms with Gasteiger partial charge in [-0.15, -0.1) is 0 Å². The molecular weight excluding hydrogens is 431 g/mol. The van der Waals surface area contributed by atoms with Gasteiger partial charge < -0.3 is 14.6 Å². The molecule has 0 atom stereocenters. The third-order valence-electron chi connectivity index (χ3n) is 5.94. The summed E-state index contributed by atoms with van der Waals surface area (Å²) in [6, 6.07) is 9.50. The molecule has 172 valence electrons. The summed E-state index contributed by atoms with van der Waals surface area (Å²) in [6.45, 7) is 1.29. The minimum atomic E-state index is -4.46. The van der Waals surface area contributed by atoms with Gasteiger partial charge in [-0.05, 0) is 49.1 Å². The Morgan fingerprint density at radius 2 is 1.94 bits per heavy atom. The lowest BCUT2D eigenvalue weighted by Gasteiger charge is -2.26. The number of nitrogens with one attached hydrogen (secondary N) is 1. The van der Waals surface area contributed by atoms with E-state index < -0.39 is 11.7 Å². The van der Waals surface area contributed by atoms with Crippen molar-refractivity contribution in [2.45, 2.75) is 19.0 Å². The van der Waals surface area contributed by atoms with Crippen LogP contribution >= 0.6 is 0 Å². The van der Waals surface area contributed by atoms with Crippen LogP contribution in [0.3, 0.4) is 0 Å². The van der Waals surface area contributed by atoms with Gasteiger partial charge in [-0.25, -0.2) is 10.4 Å². The first-order chi connectivity index (χ1) is 15.8. The van der Waals surface area contributed by atoms with E-state index in [1.807, 2.05) is 41.4 Å². The largest absolute Gasteiger partial charge is 0.497 e. The van der Waals surface area contributed by atoms with E-state index in [0.717, 1.165) is 41.4 Å². The molecule has 1 aliphatic carbocycles. The number of aromatic nitrogens is 2. The van der Waals surface area contributed by atoms with E-state index in [2.05, 4.69) is 10.4 Å². The van der Waals surface area contributed by atoms with Crippen molar-refractivity contribution in [3.05, 3.63) is 60.1 Å². The molecule has 0 bridgehead atoms. The fourth-order valence-corrected chi connectivity index (χ4v) is 3.95. The zero-order valence-corrected chi connectivity index (χ0v) is 18.4. The van der Waals surface area contributed by atoms with Crippen LogP contribution in [0.4, 0.5) is 24.5 Å². The van der Waals surface area contributed by atoms with Gasteiger partial charge in [-0.1, -0.05) is 0 Å². The number of halogens is 3. The van der Waals surface area contributed by atoms with Crippen LogP contribution in [0.25, 0.3) is 16.6 Å². The topological polar surface area (TPSA) is 53.5 Å². The van der Waals surface area contributed by atoms with Crippen LogP contribution in [0.5, 0.6) is 5.75 Å². The van der Waals surface area contributed by atoms with Crippen molar-refractivity contribution in [1.82, 2.24) is 20.4 Å². The summed E-state index contributed by atoms with van der Waals surface area (Å²) in [6.07, 6.45) is 1.38. The number of ether oxygens (including phenoxy) is 1. The summed E-state index contributed by atoms with van der Waals surface area (Å²) in [5, 5.41) is 1.87. The highest BCUT2D eigenvalue weighted by atomic mass is 19.4. The van der Waals surface area contributed by atoms with Crippen molar-refractivity contribution in [1.29, 1.82) is 0 Å². The molecule has 2 aliphatic rings. The fraction of sp³-hybridized carbons (Fsp3) is 0.333. The molecule has 1 aromatic heterocycles. The molecule has 0 saturated heterocycles. The van der Waals surface area contributed by atoms with Crippen molar-refractivity contribution in [3.8, 4) is 5.75 Å². The lowest BCUT2D eigenvalue weighted by Crippen LogP contribution is -2.23. The van der Waals surface area contributed by atoms with Crippen LogP contribution < -0.4 is 15.1 Å². The second-order valence-corrected chi connectivity index (χ2v) is 8.50. The molecular formula is C24H24F3N5O. The standard InChI is InChI=1S/C24H24F3N5O/c1-31-14-16(11-29-31)23-12-28-21-6-5-18(10-22(21)30-23)32(13-15-3-4-15)19-7-17(24(25,26)27)8-20(9-19)33-2/h5-10,12,14-15,29H,3-4,11,13H2,1-2H3. The summed E-state index contributed by atoms with van der Waals surface area (Å²) >= 11 is 0. The monoisotopic (exact) mass is 455 g/mol. The Labute approximate surface area is 189 Å². The zero-order chi connectivity index (χ0) is 23.2. The SMILES string of the molecule is COc1cc(N(CC2CC2)c2ccc3ncc(C4=CN(C)NC4)nc3c2)cc(C(F)(F)F)c1. The normalized spacial score (nSPS) is 16.3. The molecule has 0 unspecified atom stereocenters. The van der Waals surface area contributed by atoms with E-state index in [1.165, 1.54) is 13.2 Å². The Morgan fingerprint density at radius 1 is 1.12 bits per heavy atom. The average molecular weight is 455 g/mol. The molecule has 0 amide bonds. The van der Waals surface area contributed by atoms with Crippen molar-refractivity contribution in [3.63, 3.8) is 0 Å². The highest BCUT2D eigenvalue weighted by Gasteiger charge is 2.33. The second kappa shape index (κ2) is 8.22. The number of hydrogen-bond donors (Lipinski definition) is 1. The van der Waals surface area contributed by atoms with Gasteiger partial charge in [0.15, 0.2) is 0 Å². The van der Waals surface area contributed by atoms with Gasteiger partial charge in [0.25, 0.3) is 0 Å². The summed E-state index contributed by atoms with van der Waals surface area (Å²) < 4.78 is 45.8. The molecule has 1 saturated carbocycles. The van der Waals surface area contributed by atoms with Gasteiger partial charge in [-0.2, -0.15) is 13.2 Å². The van der Waals surface area contributed by atoms with Gasteiger partial charge in [0.05, 0.1) is 35.6 Å². The summed E-state index contributed by atoms with van der Waals surface area (Å²) in [7, 11) is 3.29. The minimum absolute atomic E-state index is 0.174. The molecule has 0 spiro atoms. The van der Waals surface area contributed by atoms with Crippen molar-refractivity contribution >= 4 is 28.0 Å². The maximum atomic E-state index is 13.5. The molecule has 2 aromatic carbocycles. The molecule has 1 N–H and O–H groups in total. The lowest BCUT2D eigenvalue weighted by atomic mass is 10.1. The predicted molar refractivity (Wildman–Crippen MR) is 121 cm³/mol. The van der Waals surface area contributed by atoms with Gasteiger partial charge >= 0.3 is 6.18 Å². The van der Waals surface area contributed by atoms with Crippen molar-refractivity contribution in [2.75, 3.05) is 32.1 Å². The van der Waals surface area contributed by atoms with E-state index in [0.29, 0.717) is 30.2 Å². The number of nitrogens with zero attached hydrogens (tertiary/aromatic N) is 4. The maximum absolute atomic E-state index is 13.5. The third-order valence-corrected chi connectivity index (χ3v) is 5.94. The third kappa shape index (κ3) is 4.59. The molecule has 3 aromatic rings. The smallest absolute Gasteiger partial charge is 0.416 e. The number of hydrogen-bond acceptors (Lipinski definition) is 6. The Balaban J connectivity index is 1.58. The minimum Gasteiger partial charge on any atom is -0.497 e. The number of alkyl halides is 3. The number of anilines is 2. The Morgan fingerprint density at radius 3 is 2.61 bits per heavy atom. The van der Waals surface area contributed by atoms with E-state index in [-0.39, 0.29) is 5.75 Å². The first-order valence-corrected chi connectivity index (χ1v) is 10.8. The average Bonchev–Trinajstić information content (AvgIpc) is 3.53. The molecule has 1 aliphatic heterocycles. The van der Waals surface area contributed by atoms with Crippen LogP contribution in [0, 0.1) is 5.92 Å². The molecule has 2 heterocycles. The number of hydrazine groups is 1. The highest BCUT2D eigenvalue weighted by molar-refractivity contribution is 5.82. The summed E-state index contributed by atoms with van der Waals surface area (Å²) in [5.74, 6) is 0.622. The fourth-order valence-electron chi connectivity index (χ4n) is 3.95. The van der Waals surface area contributed by atoms with E-state index >= 15 is 0 Å². The molecule has 0 radical (unpaired) electrons. The van der Waals surface area contributed by atoms with E-state index in [1.54, 1.807) is 12.3 Å². The van der Waals surface area contributed by atoms with Gasteiger partial charge in [-0.3, -0.25) is 4.98 Å². The number of rotatable bonds is 6. The Bertz CT molecular complexity index is 1220. The zero-order valence-electron chi connectivity index (χ0n) is 18.4.